The molecule has 1 unspecified atom stereocenters. The monoisotopic (exact) mass is 219 g/mol. The molecule has 2 N–H and O–H groups in total. The van der Waals surface area contributed by atoms with E-state index < -0.39 is 0 Å². The van der Waals surface area contributed by atoms with Crippen molar-refractivity contribution in [2.75, 3.05) is 19.4 Å². The molecule has 0 spiro atoms. The molecule has 0 heterocycles. The van der Waals surface area contributed by atoms with Crippen LogP contribution < -0.4 is 5.73 Å². The van der Waals surface area contributed by atoms with Gasteiger partial charge in [0.2, 0.25) is 0 Å². The standard InChI is InChI=1S/C10H21NO2S/c1-3-4-6-9(10(12)13-2)14-8-5-7-11/h9H,3-8,11H2,1-2H3. The van der Waals surface area contributed by atoms with E-state index in [0.717, 1.165) is 31.4 Å². The Bertz CT molecular complexity index is 153. The minimum absolute atomic E-state index is 0.00602. The molecule has 0 aliphatic heterocycles. The van der Waals surface area contributed by atoms with E-state index in [1.807, 2.05) is 0 Å². The lowest BCUT2D eigenvalue weighted by Gasteiger charge is -2.13. The molecule has 0 saturated heterocycles. The van der Waals surface area contributed by atoms with Crippen molar-refractivity contribution in [2.45, 2.75) is 37.9 Å². The van der Waals surface area contributed by atoms with E-state index >= 15 is 0 Å². The van der Waals surface area contributed by atoms with Crippen LogP contribution in [0.2, 0.25) is 0 Å². The van der Waals surface area contributed by atoms with E-state index in [9.17, 15) is 4.79 Å². The number of ether oxygens (including phenoxy) is 1. The molecule has 14 heavy (non-hydrogen) atoms. The van der Waals surface area contributed by atoms with Crippen LogP contribution in [-0.4, -0.2) is 30.6 Å². The Hall–Kier alpha value is -0.220. The first-order valence-corrected chi connectivity index (χ1v) is 6.20. The Kier molecular flexibility index (Phi) is 9.19. The van der Waals surface area contributed by atoms with Crippen LogP contribution in [0.5, 0.6) is 0 Å². The van der Waals surface area contributed by atoms with Gasteiger partial charge in [-0.25, -0.2) is 0 Å². The van der Waals surface area contributed by atoms with Crippen LogP contribution in [0.3, 0.4) is 0 Å². The second-order valence-electron chi connectivity index (χ2n) is 3.17. The second-order valence-corrected chi connectivity index (χ2v) is 4.48. The zero-order valence-electron chi connectivity index (χ0n) is 9.12. The molecule has 1 atom stereocenters. The number of esters is 1. The molecule has 0 radical (unpaired) electrons. The molecule has 0 aliphatic carbocycles. The molecule has 0 rings (SSSR count). The molecule has 0 fully saturated rings. The number of rotatable bonds is 8. The molecule has 4 heteroatoms. The predicted molar refractivity (Wildman–Crippen MR) is 61.5 cm³/mol. The summed E-state index contributed by atoms with van der Waals surface area (Å²) in [5, 5.41) is 0.00602. The van der Waals surface area contributed by atoms with E-state index in [1.165, 1.54) is 7.11 Å². The van der Waals surface area contributed by atoms with Crippen molar-refractivity contribution < 1.29 is 9.53 Å². The van der Waals surface area contributed by atoms with Crippen LogP contribution in [0.25, 0.3) is 0 Å². The van der Waals surface area contributed by atoms with Gasteiger partial charge in [-0.05, 0) is 25.1 Å². The van der Waals surface area contributed by atoms with Gasteiger partial charge >= 0.3 is 5.97 Å². The Labute approximate surface area is 90.8 Å². The van der Waals surface area contributed by atoms with Gasteiger partial charge in [0.15, 0.2) is 0 Å². The molecule has 84 valence electrons. The smallest absolute Gasteiger partial charge is 0.318 e. The highest BCUT2D eigenvalue weighted by atomic mass is 32.2. The van der Waals surface area contributed by atoms with Crippen molar-refractivity contribution in [3.05, 3.63) is 0 Å². The summed E-state index contributed by atoms with van der Waals surface area (Å²) in [4.78, 5) is 11.3. The SMILES string of the molecule is CCCCC(SCCCN)C(=O)OC. The summed E-state index contributed by atoms with van der Waals surface area (Å²) >= 11 is 1.66. The first-order valence-electron chi connectivity index (χ1n) is 5.15. The molecule has 0 bridgehead atoms. The van der Waals surface area contributed by atoms with Gasteiger partial charge in [0, 0.05) is 0 Å². The van der Waals surface area contributed by atoms with Gasteiger partial charge in [-0.3, -0.25) is 4.79 Å². The quantitative estimate of drug-likeness (QED) is 0.499. The maximum Gasteiger partial charge on any atom is 0.318 e. The minimum atomic E-state index is -0.0968. The van der Waals surface area contributed by atoms with Crippen molar-refractivity contribution in [3.63, 3.8) is 0 Å². The largest absolute Gasteiger partial charge is 0.468 e. The maximum absolute atomic E-state index is 11.3. The molecule has 0 saturated carbocycles. The summed E-state index contributed by atoms with van der Waals surface area (Å²) < 4.78 is 4.75. The average molecular weight is 219 g/mol. The van der Waals surface area contributed by atoms with Crippen LogP contribution in [0.4, 0.5) is 0 Å². The van der Waals surface area contributed by atoms with Crippen molar-refractivity contribution in [1.29, 1.82) is 0 Å². The highest BCUT2D eigenvalue weighted by Crippen LogP contribution is 2.19. The Morgan fingerprint density at radius 1 is 1.50 bits per heavy atom. The fourth-order valence-corrected chi connectivity index (χ4v) is 2.28. The molecular weight excluding hydrogens is 198 g/mol. The van der Waals surface area contributed by atoms with Crippen molar-refractivity contribution >= 4 is 17.7 Å². The van der Waals surface area contributed by atoms with Gasteiger partial charge in [-0.15, -0.1) is 11.8 Å². The van der Waals surface area contributed by atoms with Crippen LogP contribution in [0.15, 0.2) is 0 Å². The minimum Gasteiger partial charge on any atom is -0.468 e. The topological polar surface area (TPSA) is 52.3 Å². The summed E-state index contributed by atoms with van der Waals surface area (Å²) in [6.07, 6.45) is 4.07. The van der Waals surface area contributed by atoms with Crippen LogP contribution >= 0.6 is 11.8 Å². The number of unbranched alkanes of at least 4 members (excludes halogenated alkanes) is 1. The second kappa shape index (κ2) is 9.34. The van der Waals surface area contributed by atoms with Gasteiger partial charge in [0.25, 0.3) is 0 Å². The lowest BCUT2D eigenvalue weighted by molar-refractivity contribution is -0.140. The Morgan fingerprint density at radius 3 is 2.71 bits per heavy atom. The van der Waals surface area contributed by atoms with E-state index in [2.05, 4.69) is 6.92 Å². The van der Waals surface area contributed by atoms with E-state index in [4.69, 9.17) is 10.5 Å². The first-order chi connectivity index (χ1) is 6.76. The van der Waals surface area contributed by atoms with Gasteiger partial charge in [0.05, 0.1) is 7.11 Å². The molecule has 0 aromatic heterocycles. The number of carbonyl (C=O) groups is 1. The number of carbonyl (C=O) groups excluding carboxylic acids is 1. The van der Waals surface area contributed by atoms with Crippen molar-refractivity contribution in [2.24, 2.45) is 5.73 Å². The molecule has 0 amide bonds. The normalized spacial score (nSPS) is 12.5. The number of nitrogens with two attached hydrogens (primary N) is 1. The third kappa shape index (κ3) is 6.27. The number of methoxy groups -OCH3 is 1. The van der Waals surface area contributed by atoms with Gasteiger partial charge in [-0.1, -0.05) is 19.8 Å². The van der Waals surface area contributed by atoms with Crippen molar-refractivity contribution in [1.82, 2.24) is 0 Å². The third-order valence-corrected chi connectivity index (χ3v) is 3.31. The summed E-state index contributed by atoms with van der Waals surface area (Å²) in [5.74, 6) is 0.848. The third-order valence-electron chi connectivity index (χ3n) is 1.95. The number of thioether (sulfide) groups is 1. The van der Waals surface area contributed by atoms with Gasteiger partial charge in [0.1, 0.15) is 5.25 Å². The van der Waals surface area contributed by atoms with E-state index in [1.54, 1.807) is 11.8 Å². The Morgan fingerprint density at radius 2 is 2.21 bits per heavy atom. The van der Waals surface area contributed by atoms with Crippen molar-refractivity contribution in [3.8, 4) is 0 Å². The lowest BCUT2D eigenvalue weighted by atomic mass is 10.2. The number of hydrogen-bond acceptors (Lipinski definition) is 4. The fourth-order valence-electron chi connectivity index (χ4n) is 1.10. The molecule has 0 aliphatic rings. The summed E-state index contributed by atoms with van der Waals surface area (Å²) in [7, 11) is 1.45. The molecule has 0 aromatic carbocycles. The van der Waals surface area contributed by atoms with Crippen LogP contribution in [-0.2, 0) is 9.53 Å². The fraction of sp³-hybridized carbons (Fsp3) is 0.900. The Balaban J connectivity index is 3.78. The summed E-state index contributed by atoms with van der Waals surface area (Å²) in [6, 6.07) is 0. The van der Waals surface area contributed by atoms with Crippen LogP contribution in [0.1, 0.15) is 32.6 Å². The maximum atomic E-state index is 11.3. The molecule has 3 nitrogen and oxygen atoms in total. The lowest BCUT2D eigenvalue weighted by Crippen LogP contribution is -2.19. The highest BCUT2D eigenvalue weighted by Gasteiger charge is 2.18. The zero-order chi connectivity index (χ0) is 10.8. The number of hydrogen-bond donors (Lipinski definition) is 1. The highest BCUT2D eigenvalue weighted by molar-refractivity contribution is 8.00. The molecular formula is C10H21NO2S. The predicted octanol–water partition coefficient (Wildman–Crippen LogP) is 1.80. The molecule has 0 aromatic rings. The summed E-state index contributed by atoms with van der Waals surface area (Å²) in [6.45, 7) is 2.81. The summed E-state index contributed by atoms with van der Waals surface area (Å²) in [5.41, 5.74) is 5.39. The van der Waals surface area contributed by atoms with Gasteiger partial charge in [-0.2, -0.15) is 0 Å². The van der Waals surface area contributed by atoms with Gasteiger partial charge < -0.3 is 10.5 Å². The van der Waals surface area contributed by atoms with Crippen LogP contribution in [0, 0.1) is 0 Å². The van der Waals surface area contributed by atoms with E-state index in [0.29, 0.717) is 6.54 Å². The first kappa shape index (κ1) is 13.8. The zero-order valence-corrected chi connectivity index (χ0v) is 9.94. The average Bonchev–Trinajstić information content (AvgIpc) is 2.22. The van der Waals surface area contributed by atoms with E-state index in [-0.39, 0.29) is 11.2 Å².